The van der Waals surface area contributed by atoms with Gasteiger partial charge >= 0.3 is 6.09 Å². The number of nitrogens with one attached hydrogen (secondary N) is 2. The smallest absolute Gasteiger partial charge is 0.407 e. The summed E-state index contributed by atoms with van der Waals surface area (Å²) in [5, 5.41) is 5.34. The lowest BCUT2D eigenvalue weighted by atomic mass is 10.2. The van der Waals surface area contributed by atoms with Gasteiger partial charge in [-0.2, -0.15) is 0 Å². The van der Waals surface area contributed by atoms with Crippen molar-refractivity contribution >= 4 is 11.8 Å². The molecule has 4 nitrogen and oxygen atoms in total. The molecule has 1 rings (SSSR count). The van der Waals surface area contributed by atoms with Crippen LogP contribution < -0.4 is 10.6 Å². The molecule has 1 unspecified atom stereocenters. The Hall–Kier alpha value is -1.85. The summed E-state index contributed by atoms with van der Waals surface area (Å²) in [5.74, 6) is -1.85. The summed E-state index contributed by atoms with van der Waals surface area (Å²) in [6.45, 7) is 7.25. The molecule has 0 aliphatic carbocycles. The Labute approximate surface area is 117 Å². The SMILES string of the molecule is CC(CNC(=O)OC(C)(C)C)Nc1cccc(F)c1F. The minimum absolute atomic E-state index is 0.0588. The number of carbonyl (C=O) groups excluding carboxylic acids is 1. The Bertz CT molecular complexity index is 473. The standard InChI is InChI=1S/C14H20F2N2O2/c1-9(8-17-13(19)20-14(2,3)4)18-11-7-5-6-10(15)12(11)16/h5-7,9,18H,8H2,1-4H3,(H,17,19). The molecule has 0 aliphatic heterocycles. The van der Waals surface area contributed by atoms with E-state index in [1.54, 1.807) is 27.7 Å². The second kappa shape index (κ2) is 6.54. The lowest BCUT2D eigenvalue weighted by molar-refractivity contribution is 0.0526. The van der Waals surface area contributed by atoms with E-state index in [9.17, 15) is 13.6 Å². The fraction of sp³-hybridized carbons (Fsp3) is 0.500. The van der Waals surface area contributed by atoms with Crippen molar-refractivity contribution in [2.75, 3.05) is 11.9 Å². The van der Waals surface area contributed by atoms with Gasteiger partial charge in [-0.25, -0.2) is 13.6 Å². The van der Waals surface area contributed by atoms with Crippen LogP contribution in [-0.4, -0.2) is 24.3 Å². The van der Waals surface area contributed by atoms with E-state index in [1.165, 1.54) is 12.1 Å². The number of carbonyl (C=O) groups is 1. The second-order valence-corrected chi connectivity index (χ2v) is 5.53. The number of hydrogen-bond donors (Lipinski definition) is 2. The zero-order chi connectivity index (χ0) is 15.3. The molecule has 0 saturated carbocycles. The molecule has 0 radical (unpaired) electrons. The van der Waals surface area contributed by atoms with E-state index in [0.717, 1.165) is 6.07 Å². The summed E-state index contributed by atoms with van der Waals surface area (Å²) in [5.41, 5.74) is -0.515. The van der Waals surface area contributed by atoms with Crippen LogP contribution in [0.3, 0.4) is 0 Å². The zero-order valence-corrected chi connectivity index (χ0v) is 12.1. The number of halogens is 2. The zero-order valence-electron chi connectivity index (χ0n) is 12.1. The summed E-state index contributed by atoms with van der Waals surface area (Å²) < 4.78 is 31.5. The van der Waals surface area contributed by atoms with Gasteiger partial charge in [-0.15, -0.1) is 0 Å². The fourth-order valence-electron chi connectivity index (χ4n) is 1.48. The molecule has 1 aromatic rings. The van der Waals surface area contributed by atoms with Gasteiger partial charge in [0, 0.05) is 12.6 Å². The minimum atomic E-state index is -0.934. The van der Waals surface area contributed by atoms with E-state index >= 15 is 0 Å². The van der Waals surface area contributed by atoms with Crippen LogP contribution in [0.25, 0.3) is 0 Å². The molecule has 1 aromatic carbocycles. The third kappa shape index (κ3) is 5.42. The average molecular weight is 286 g/mol. The Morgan fingerprint density at radius 1 is 1.35 bits per heavy atom. The first-order chi connectivity index (χ1) is 9.19. The van der Waals surface area contributed by atoms with Gasteiger partial charge in [-0.1, -0.05) is 6.07 Å². The maximum absolute atomic E-state index is 13.4. The molecule has 1 amide bonds. The van der Waals surface area contributed by atoms with Crippen molar-refractivity contribution in [3.8, 4) is 0 Å². The third-order valence-electron chi connectivity index (χ3n) is 2.30. The highest BCUT2D eigenvalue weighted by Crippen LogP contribution is 2.17. The van der Waals surface area contributed by atoms with Crippen LogP contribution in [0.2, 0.25) is 0 Å². The van der Waals surface area contributed by atoms with Gasteiger partial charge in [0.05, 0.1) is 5.69 Å². The van der Waals surface area contributed by atoms with Crippen molar-refractivity contribution in [2.24, 2.45) is 0 Å². The van der Waals surface area contributed by atoms with Crippen LogP contribution in [0.1, 0.15) is 27.7 Å². The van der Waals surface area contributed by atoms with Gasteiger partial charge in [0.1, 0.15) is 5.60 Å². The van der Waals surface area contributed by atoms with Gasteiger partial charge in [0.25, 0.3) is 0 Å². The van der Waals surface area contributed by atoms with Gasteiger partial charge in [-0.05, 0) is 39.8 Å². The molecule has 0 saturated heterocycles. The predicted octanol–water partition coefficient (Wildman–Crippen LogP) is 3.29. The van der Waals surface area contributed by atoms with Gasteiger partial charge in [0.15, 0.2) is 11.6 Å². The molecule has 1 atom stereocenters. The highest BCUT2D eigenvalue weighted by Gasteiger charge is 2.17. The first kappa shape index (κ1) is 16.2. The molecule has 0 aliphatic rings. The van der Waals surface area contributed by atoms with Gasteiger partial charge in [0.2, 0.25) is 0 Å². The first-order valence-electron chi connectivity index (χ1n) is 6.36. The third-order valence-corrected chi connectivity index (χ3v) is 2.30. The van der Waals surface area contributed by atoms with E-state index in [0.29, 0.717) is 0 Å². The molecule has 6 heteroatoms. The fourth-order valence-corrected chi connectivity index (χ4v) is 1.48. The van der Waals surface area contributed by atoms with E-state index in [1.807, 2.05) is 0 Å². The highest BCUT2D eigenvalue weighted by atomic mass is 19.2. The molecule has 0 fully saturated rings. The van der Waals surface area contributed by atoms with Crippen molar-refractivity contribution in [2.45, 2.75) is 39.3 Å². The molecule has 0 aromatic heterocycles. The summed E-state index contributed by atoms with van der Waals surface area (Å²) in [4.78, 5) is 11.4. The number of hydrogen-bond acceptors (Lipinski definition) is 3. The molecule has 2 N–H and O–H groups in total. The first-order valence-corrected chi connectivity index (χ1v) is 6.36. The Morgan fingerprint density at radius 2 is 2.00 bits per heavy atom. The van der Waals surface area contributed by atoms with Crippen molar-refractivity contribution in [1.29, 1.82) is 0 Å². The number of benzene rings is 1. The lowest BCUT2D eigenvalue weighted by Crippen LogP contribution is -2.38. The van der Waals surface area contributed by atoms with Crippen LogP contribution >= 0.6 is 0 Å². The normalized spacial score (nSPS) is 12.7. The van der Waals surface area contributed by atoms with Crippen LogP contribution in [-0.2, 0) is 4.74 Å². The Morgan fingerprint density at radius 3 is 2.60 bits per heavy atom. The van der Waals surface area contributed by atoms with Crippen molar-refractivity contribution in [3.63, 3.8) is 0 Å². The van der Waals surface area contributed by atoms with E-state index in [4.69, 9.17) is 4.74 Å². The summed E-state index contributed by atoms with van der Waals surface area (Å²) in [6, 6.07) is 3.61. The number of rotatable bonds is 4. The van der Waals surface area contributed by atoms with Crippen LogP contribution in [0.4, 0.5) is 19.3 Å². The molecule has 0 spiro atoms. The molecule has 20 heavy (non-hydrogen) atoms. The molecule has 112 valence electrons. The van der Waals surface area contributed by atoms with E-state index in [2.05, 4.69) is 10.6 Å². The molecular formula is C14H20F2N2O2. The van der Waals surface area contributed by atoms with Crippen molar-refractivity contribution in [3.05, 3.63) is 29.8 Å². The summed E-state index contributed by atoms with van der Waals surface area (Å²) in [6.07, 6.45) is -0.550. The Balaban J connectivity index is 2.46. The summed E-state index contributed by atoms with van der Waals surface area (Å²) in [7, 11) is 0. The minimum Gasteiger partial charge on any atom is -0.444 e. The number of amides is 1. The topological polar surface area (TPSA) is 50.4 Å². The average Bonchev–Trinajstić information content (AvgIpc) is 2.30. The van der Waals surface area contributed by atoms with Crippen molar-refractivity contribution < 1.29 is 18.3 Å². The number of alkyl carbamates (subject to hydrolysis) is 1. The lowest BCUT2D eigenvalue weighted by Gasteiger charge is -2.21. The maximum Gasteiger partial charge on any atom is 0.407 e. The monoisotopic (exact) mass is 286 g/mol. The summed E-state index contributed by atoms with van der Waals surface area (Å²) >= 11 is 0. The number of ether oxygens (including phenoxy) is 1. The van der Waals surface area contributed by atoms with Crippen LogP contribution in [0, 0.1) is 11.6 Å². The highest BCUT2D eigenvalue weighted by molar-refractivity contribution is 5.67. The van der Waals surface area contributed by atoms with Crippen LogP contribution in [0.5, 0.6) is 0 Å². The van der Waals surface area contributed by atoms with E-state index < -0.39 is 23.3 Å². The molecule has 0 bridgehead atoms. The van der Waals surface area contributed by atoms with Gasteiger partial charge in [-0.3, -0.25) is 0 Å². The van der Waals surface area contributed by atoms with Crippen molar-refractivity contribution in [1.82, 2.24) is 5.32 Å². The quantitative estimate of drug-likeness (QED) is 0.893. The molecule has 0 heterocycles. The van der Waals surface area contributed by atoms with Crippen LogP contribution in [0.15, 0.2) is 18.2 Å². The second-order valence-electron chi connectivity index (χ2n) is 5.53. The van der Waals surface area contributed by atoms with E-state index in [-0.39, 0.29) is 18.3 Å². The molecular weight excluding hydrogens is 266 g/mol. The van der Waals surface area contributed by atoms with Gasteiger partial charge < -0.3 is 15.4 Å². The maximum atomic E-state index is 13.4. The predicted molar refractivity (Wildman–Crippen MR) is 73.7 cm³/mol. The largest absolute Gasteiger partial charge is 0.444 e. The number of anilines is 1. The Kier molecular flexibility index (Phi) is 5.30.